The second-order valence-corrected chi connectivity index (χ2v) is 3.16. The summed E-state index contributed by atoms with van der Waals surface area (Å²) in [6.45, 7) is 0.353. The number of nitrogens with one attached hydrogen (secondary N) is 1. The van der Waals surface area contributed by atoms with E-state index in [1.165, 1.54) is 6.33 Å². The van der Waals surface area contributed by atoms with E-state index in [4.69, 9.17) is 5.11 Å². The molecule has 7 nitrogen and oxygen atoms in total. The van der Waals surface area contributed by atoms with Crippen molar-refractivity contribution in [2.75, 3.05) is 0 Å². The topological polar surface area (TPSA) is 95.6 Å². The number of hydrogen-bond donors (Lipinski definition) is 2. The van der Waals surface area contributed by atoms with E-state index in [0.29, 0.717) is 12.4 Å². The lowest BCUT2D eigenvalue weighted by atomic mass is 10.3. The summed E-state index contributed by atoms with van der Waals surface area (Å²) < 4.78 is 1.56. The van der Waals surface area contributed by atoms with Crippen molar-refractivity contribution in [3.05, 3.63) is 24.8 Å². The quantitative estimate of drug-likeness (QED) is 0.685. The number of carbonyl (C=O) groups is 1. The predicted octanol–water partition coefficient (Wildman–Crippen LogP) is -0.371. The summed E-state index contributed by atoms with van der Waals surface area (Å²) in [7, 11) is 0. The van der Waals surface area contributed by atoms with Gasteiger partial charge in [0, 0.05) is 11.6 Å². The maximum absolute atomic E-state index is 10.4. The average molecular weight is 220 g/mol. The molecule has 0 aliphatic rings. The Labute approximate surface area is 90.8 Å². The van der Waals surface area contributed by atoms with Crippen molar-refractivity contribution in [3.8, 4) is 11.4 Å². The molecular weight excluding hydrogens is 210 g/mol. The lowest BCUT2D eigenvalue weighted by molar-refractivity contribution is -0.752. The average Bonchev–Trinajstić information content (AvgIpc) is 2.80. The third-order valence-corrected chi connectivity index (χ3v) is 2.01. The number of aromatic nitrogens is 5. The molecule has 0 aliphatic heterocycles. The Morgan fingerprint density at radius 1 is 1.56 bits per heavy atom. The summed E-state index contributed by atoms with van der Waals surface area (Å²) >= 11 is 0. The lowest BCUT2D eigenvalue weighted by Gasteiger charge is -1.94. The number of carboxylic acids is 1. The fourth-order valence-electron chi connectivity index (χ4n) is 1.21. The molecule has 0 saturated heterocycles. The van der Waals surface area contributed by atoms with Crippen LogP contribution < -0.4 is 4.68 Å². The summed E-state index contributed by atoms with van der Waals surface area (Å²) in [5, 5.41) is 19.0. The normalized spacial score (nSPS) is 10.2. The molecule has 2 N–H and O–H groups in total. The van der Waals surface area contributed by atoms with Crippen molar-refractivity contribution in [3.63, 3.8) is 0 Å². The fourth-order valence-corrected chi connectivity index (χ4v) is 1.21. The van der Waals surface area contributed by atoms with Crippen molar-refractivity contribution in [1.82, 2.24) is 20.3 Å². The number of rotatable bonds is 4. The lowest BCUT2D eigenvalue weighted by Crippen LogP contribution is -2.38. The third-order valence-electron chi connectivity index (χ3n) is 2.01. The van der Waals surface area contributed by atoms with Crippen LogP contribution in [0.15, 0.2) is 24.8 Å². The summed E-state index contributed by atoms with van der Waals surface area (Å²) in [5.41, 5.74) is 0.809. The standard InChI is InChI=1S/C9H9N5O2/c15-8(16)2-4-14-3-1-7(5-12-14)9-10-6-11-13-9/h1,3,5-6H,2,4H2,(H,15,16)/p+1. The summed E-state index contributed by atoms with van der Waals surface area (Å²) in [4.78, 5) is 14.3. The second kappa shape index (κ2) is 4.47. The van der Waals surface area contributed by atoms with Gasteiger partial charge in [-0.1, -0.05) is 4.68 Å². The Balaban J connectivity index is 2.08. The van der Waals surface area contributed by atoms with E-state index < -0.39 is 5.97 Å². The van der Waals surface area contributed by atoms with Gasteiger partial charge in [-0.3, -0.25) is 9.89 Å². The molecule has 2 aromatic rings. The largest absolute Gasteiger partial charge is 0.481 e. The Bertz CT molecular complexity index is 465. The van der Waals surface area contributed by atoms with E-state index >= 15 is 0 Å². The maximum atomic E-state index is 10.4. The number of H-pyrrole nitrogens is 1. The highest BCUT2D eigenvalue weighted by molar-refractivity contribution is 5.66. The number of aliphatic carboxylic acids is 1. The minimum absolute atomic E-state index is 0.0549. The van der Waals surface area contributed by atoms with Crippen molar-refractivity contribution in [1.29, 1.82) is 0 Å². The molecule has 0 aromatic carbocycles. The SMILES string of the molecule is O=C(O)CC[n+]1ccc(-c2ncn[nH]2)cn1. The van der Waals surface area contributed by atoms with Crippen molar-refractivity contribution >= 4 is 5.97 Å². The third kappa shape index (κ3) is 2.38. The first-order valence-corrected chi connectivity index (χ1v) is 4.69. The highest BCUT2D eigenvalue weighted by Gasteiger charge is 2.08. The van der Waals surface area contributed by atoms with E-state index in [9.17, 15) is 4.79 Å². The van der Waals surface area contributed by atoms with Gasteiger partial charge >= 0.3 is 5.97 Å². The summed E-state index contributed by atoms with van der Waals surface area (Å²) in [5.74, 6) is -0.202. The van der Waals surface area contributed by atoms with Crippen LogP contribution >= 0.6 is 0 Å². The number of nitrogens with zero attached hydrogens (tertiary/aromatic N) is 4. The first-order chi connectivity index (χ1) is 7.75. The molecule has 2 heterocycles. The van der Waals surface area contributed by atoms with Gasteiger partial charge in [-0.15, -0.1) is 0 Å². The minimum Gasteiger partial charge on any atom is -0.481 e. The van der Waals surface area contributed by atoms with Crippen LogP contribution in [-0.4, -0.2) is 31.4 Å². The molecular formula is C9H10N5O2+. The number of carboxylic acid groups (broad SMARTS) is 1. The van der Waals surface area contributed by atoms with Gasteiger partial charge in [-0.05, 0) is 5.10 Å². The van der Waals surface area contributed by atoms with Gasteiger partial charge in [-0.2, -0.15) is 5.10 Å². The number of aromatic amines is 1. The Kier molecular flexibility index (Phi) is 2.86. The van der Waals surface area contributed by atoms with Gasteiger partial charge in [0.05, 0.1) is 0 Å². The van der Waals surface area contributed by atoms with Crippen LogP contribution in [0, 0.1) is 0 Å². The zero-order valence-electron chi connectivity index (χ0n) is 8.37. The van der Waals surface area contributed by atoms with Crippen molar-refractivity contribution < 1.29 is 14.6 Å². The molecule has 2 aromatic heterocycles. The van der Waals surface area contributed by atoms with Crippen LogP contribution in [0.25, 0.3) is 11.4 Å². The maximum Gasteiger partial charge on any atom is 0.309 e. The molecule has 0 saturated carbocycles. The van der Waals surface area contributed by atoms with Gasteiger partial charge < -0.3 is 5.11 Å². The van der Waals surface area contributed by atoms with Crippen LogP contribution in [0.3, 0.4) is 0 Å². The predicted molar refractivity (Wildman–Crippen MR) is 52.1 cm³/mol. The molecule has 0 fully saturated rings. The molecule has 82 valence electrons. The molecule has 2 rings (SSSR count). The van der Waals surface area contributed by atoms with Crippen LogP contribution in [0.4, 0.5) is 0 Å². The van der Waals surface area contributed by atoms with E-state index in [1.54, 1.807) is 23.1 Å². The molecule has 16 heavy (non-hydrogen) atoms. The minimum atomic E-state index is -0.839. The fraction of sp³-hybridized carbons (Fsp3) is 0.222. The molecule has 0 bridgehead atoms. The highest BCUT2D eigenvalue weighted by atomic mass is 16.4. The molecule has 0 atom stereocenters. The number of aryl methyl sites for hydroxylation is 1. The van der Waals surface area contributed by atoms with Gasteiger partial charge in [0.1, 0.15) is 18.9 Å². The van der Waals surface area contributed by atoms with Crippen LogP contribution in [0.1, 0.15) is 6.42 Å². The van der Waals surface area contributed by atoms with Gasteiger partial charge in [0.25, 0.3) is 0 Å². The zero-order valence-corrected chi connectivity index (χ0v) is 8.37. The van der Waals surface area contributed by atoms with Crippen LogP contribution in [-0.2, 0) is 11.3 Å². The summed E-state index contributed by atoms with van der Waals surface area (Å²) in [6, 6.07) is 1.80. The zero-order chi connectivity index (χ0) is 11.4. The molecule has 0 radical (unpaired) electrons. The monoisotopic (exact) mass is 220 g/mol. The van der Waals surface area contributed by atoms with Crippen molar-refractivity contribution in [2.24, 2.45) is 0 Å². The molecule has 0 spiro atoms. The smallest absolute Gasteiger partial charge is 0.309 e. The van der Waals surface area contributed by atoms with E-state index in [-0.39, 0.29) is 6.42 Å². The van der Waals surface area contributed by atoms with Crippen LogP contribution in [0.2, 0.25) is 0 Å². The Morgan fingerprint density at radius 3 is 3.00 bits per heavy atom. The van der Waals surface area contributed by atoms with Gasteiger partial charge in [0.15, 0.2) is 18.6 Å². The molecule has 0 unspecified atom stereocenters. The first-order valence-electron chi connectivity index (χ1n) is 4.69. The Hall–Kier alpha value is -2.31. The van der Waals surface area contributed by atoms with E-state index in [2.05, 4.69) is 20.3 Å². The van der Waals surface area contributed by atoms with Gasteiger partial charge in [0.2, 0.25) is 0 Å². The van der Waals surface area contributed by atoms with Crippen molar-refractivity contribution in [2.45, 2.75) is 13.0 Å². The van der Waals surface area contributed by atoms with Crippen LogP contribution in [0.5, 0.6) is 0 Å². The van der Waals surface area contributed by atoms with E-state index in [0.717, 1.165) is 5.56 Å². The number of hydrogen-bond acceptors (Lipinski definition) is 4. The molecule has 0 amide bonds. The highest BCUT2D eigenvalue weighted by Crippen LogP contribution is 2.08. The van der Waals surface area contributed by atoms with Gasteiger partial charge in [-0.25, -0.2) is 4.98 Å². The summed E-state index contributed by atoms with van der Waals surface area (Å²) in [6.07, 6.45) is 4.79. The van der Waals surface area contributed by atoms with E-state index in [1.807, 2.05) is 0 Å². The first kappa shape index (κ1) is 10.2. The molecule has 0 aliphatic carbocycles. The Morgan fingerprint density at radius 2 is 2.44 bits per heavy atom. The second-order valence-electron chi connectivity index (χ2n) is 3.16. The molecule has 7 heteroatoms.